The van der Waals surface area contributed by atoms with Crippen molar-refractivity contribution in [3.05, 3.63) is 35.7 Å². The van der Waals surface area contributed by atoms with E-state index in [1.807, 2.05) is 24.3 Å². The van der Waals surface area contributed by atoms with Crippen LogP contribution in [0.25, 0.3) is 17.0 Å². The van der Waals surface area contributed by atoms with Crippen LogP contribution < -0.4 is 10.6 Å². The number of carbonyl (C=O) groups is 1. The van der Waals surface area contributed by atoms with E-state index in [4.69, 9.17) is 0 Å². The van der Waals surface area contributed by atoms with Gasteiger partial charge < -0.3 is 5.32 Å². The number of aromatic amines is 1. The number of nitrogens with one attached hydrogen (secondary N) is 3. The maximum absolute atomic E-state index is 12.2. The molecule has 0 unspecified atom stereocenters. The van der Waals surface area contributed by atoms with Gasteiger partial charge in [-0.25, -0.2) is 4.99 Å². The fourth-order valence-corrected chi connectivity index (χ4v) is 3.54. The molecular weight excluding hydrogens is 314 g/mol. The van der Waals surface area contributed by atoms with Crippen molar-refractivity contribution in [2.24, 2.45) is 4.99 Å². The molecule has 6 nitrogen and oxygen atoms in total. The highest BCUT2D eigenvalue weighted by atomic mass is 16.2. The summed E-state index contributed by atoms with van der Waals surface area (Å²) in [7, 11) is 0. The number of aromatic nitrogens is 2. The molecular formula is C19H23N5O. The average molecular weight is 337 g/mol. The zero-order chi connectivity index (χ0) is 17.1. The Hall–Kier alpha value is -2.63. The van der Waals surface area contributed by atoms with Gasteiger partial charge in [0.1, 0.15) is 5.70 Å². The first-order chi connectivity index (χ1) is 12.3. The molecule has 1 saturated carbocycles. The number of rotatable bonds is 2. The lowest BCUT2D eigenvalue weighted by Crippen LogP contribution is -2.42. The summed E-state index contributed by atoms with van der Waals surface area (Å²) in [6.07, 6.45) is 12.3. The van der Waals surface area contributed by atoms with Crippen LogP contribution in [-0.4, -0.2) is 28.1 Å². The number of aliphatic imine (C=N–C) groups is 1. The molecule has 1 aromatic heterocycles. The van der Waals surface area contributed by atoms with Gasteiger partial charge in [0.2, 0.25) is 5.96 Å². The first kappa shape index (κ1) is 15.9. The van der Waals surface area contributed by atoms with Crippen molar-refractivity contribution >= 4 is 28.8 Å². The Bertz CT molecular complexity index is 827. The highest BCUT2D eigenvalue weighted by molar-refractivity contribution is 6.13. The minimum Gasteiger partial charge on any atom is -0.353 e. The van der Waals surface area contributed by atoms with Gasteiger partial charge in [0.05, 0.1) is 11.7 Å². The summed E-state index contributed by atoms with van der Waals surface area (Å²) in [5.41, 5.74) is 2.36. The van der Waals surface area contributed by atoms with Crippen LogP contribution in [0.4, 0.5) is 0 Å². The van der Waals surface area contributed by atoms with Crippen LogP contribution in [0.5, 0.6) is 0 Å². The molecule has 25 heavy (non-hydrogen) atoms. The first-order valence-corrected chi connectivity index (χ1v) is 9.09. The molecule has 130 valence electrons. The lowest BCUT2D eigenvalue weighted by Gasteiger charge is -2.21. The molecule has 2 aliphatic rings. The molecule has 0 radical (unpaired) electrons. The molecule has 1 aromatic carbocycles. The average Bonchev–Trinajstić information content (AvgIpc) is 3.16. The van der Waals surface area contributed by atoms with Gasteiger partial charge in [-0.1, -0.05) is 38.2 Å². The lowest BCUT2D eigenvalue weighted by molar-refractivity contribution is -0.115. The Balaban J connectivity index is 1.48. The maximum Gasteiger partial charge on any atom is 0.276 e. The first-order valence-electron chi connectivity index (χ1n) is 9.09. The summed E-state index contributed by atoms with van der Waals surface area (Å²) >= 11 is 0. The smallest absolute Gasteiger partial charge is 0.276 e. The van der Waals surface area contributed by atoms with Gasteiger partial charge in [-0.15, -0.1) is 0 Å². The number of nitrogens with zero attached hydrogens (tertiary/aromatic N) is 2. The summed E-state index contributed by atoms with van der Waals surface area (Å²) in [6, 6.07) is 6.31. The number of H-pyrrole nitrogens is 1. The molecule has 4 rings (SSSR count). The van der Waals surface area contributed by atoms with Crippen LogP contribution in [0.1, 0.15) is 50.5 Å². The number of carbonyl (C=O) groups excluding carboxylic acids is 1. The van der Waals surface area contributed by atoms with Gasteiger partial charge in [0, 0.05) is 11.4 Å². The van der Waals surface area contributed by atoms with Gasteiger partial charge in [0.25, 0.3) is 5.91 Å². The molecule has 1 amide bonds. The molecule has 6 heteroatoms. The number of fused-ring (bicyclic) bond motifs is 1. The second-order valence-corrected chi connectivity index (χ2v) is 6.85. The van der Waals surface area contributed by atoms with E-state index in [1.165, 1.54) is 32.1 Å². The molecule has 0 spiro atoms. The fraction of sp³-hybridized carbons (Fsp3) is 0.421. The minimum absolute atomic E-state index is 0.152. The Morgan fingerprint density at radius 1 is 1.12 bits per heavy atom. The SMILES string of the molecule is O=C1NC(NC2CCCCCCC2)=NC1=Cc1ccc2[nH]ncc2c1. The fourth-order valence-electron chi connectivity index (χ4n) is 3.54. The zero-order valence-electron chi connectivity index (χ0n) is 14.2. The van der Waals surface area contributed by atoms with Crippen molar-refractivity contribution in [1.29, 1.82) is 0 Å². The third-order valence-electron chi connectivity index (χ3n) is 4.91. The Kier molecular flexibility index (Phi) is 4.50. The number of benzene rings is 1. The van der Waals surface area contributed by atoms with E-state index < -0.39 is 0 Å². The highest BCUT2D eigenvalue weighted by Crippen LogP contribution is 2.19. The minimum atomic E-state index is -0.152. The van der Waals surface area contributed by atoms with Gasteiger partial charge in [-0.3, -0.25) is 15.2 Å². The van der Waals surface area contributed by atoms with Crippen molar-refractivity contribution < 1.29 is 4.79 Å². The lowest BCUT2D eigenvalue weighted by atomic mass is 9.97. The van der Waals surface area contributed by atoms with Gasteiger partial charge >= 0.3 is 0 Å². The van der Waals surface area contributed by atoms with Crippen LogP contribution >= 0.6 is 0 Å². The van der Waals surface area contributed by atoms with Crippen LogP contribution in [-0.2, 0) is 4.79 Å². The summed E-state index contributed by atoms with van der Waals surface area (Å²) in [5, 5.41) is 14.2. The van der Waals surface area contributed by atoms with Crippen molar-refractivity contribution in [2.45, 2.75) is 51.0 Å². The molecule has 2 aromatic rings. The number of hydrogen-bond donors (Lipinski definition) is 3. The quantitative estimate of drug-likeness (QED) is 0.737. The van der Waals surface area contributed by atoms with Crippen molar-refractivity contribution in [1.82, 2.24) is 20.8 Å². The van der Waals surface area contributed by atoms with E-state index in [0.717, 1.165) is 29.3 Å². The monoisotopic (exact) mass is 337 g/mol. The number of guanidine groups is 1. The summed E-state index contributed by atoms with van der Waals surface area (Å²) in [4.78, 5) is 16.7. The molecule has 0 bridgehead atoms. The summed E-state index contributed by atoms with van der Waals surface area (Å²) < 4.78 is 0. The maximum atomic E-state index is 12.2. The Labute approximate surface area is 146 Å². The normalized spacial score (nSPS) is 21.0. The standard InChI is InChI=1S/C19H23N5O/c25-18-17(11-13-8-9-16-14(10-13)12-20-24-16)22-19(23-18)21-15-6-4-2-1-3-5-7-15/h8-12,15H,1-7H2,(H,20,24)(H2,21,22,23,25). The van der Waals surface area contributed by atoms with Crippen LogP contribution in [0.3, 0.4) is 0 Å². The largest absolute Gasteiger partial charge is 0.353 e. The van der Waals surface area contributed by atoms with Gasteiger partial charge in [0.15, 0.2) is 0 Å². The predicted molar refractivity (Wildman–Crippen MR) is 98.9 cm³/mol. The van der Waals surface area contributed by atoms with Crippen molar-refractivity contribution in [3.63, 3.8) is 0 Å². The summed E-state index contributed by atoms with van der Waals surface area (Å²) in [6.45, 7) is 0. The third-order valence-corrected chi connectivity index (χ3v) is 4.91. The van der Waals surface area contributed by atoms with Crippen LogP contribution in [0.15, 0.2) is 35.1 Å². The number of hydrogen-bond acceptors (Lipinski definition) is 4. The molecule has 2 heterocycles. The molecule has 1 aliphatic heterocycles. The summed E-state index contributed by atoms with van der Waals surface area (Å²) in [5.74, 6) is 0.437. The van der Waals surface area contributed by atoms with Gasteiger partial charge in [-0.05, 0) is 36.6 Å². The number of amides is 1. The molecule has 3 N–H and O–H groups in total. The van der Waals surface area contributed by atoms with Crippen LogP contribution in [0, 0.1) is 0 Å². The van der Waals surface area contributed by atoms with E-state index in [0.29, 0.717) is 17.7 Å². The Morgan fingerprint density at radius 2 is 1.92 bits per heavy atom. The highest BCUT2D eigenvalue weighted by Gasteiger charge is 2.22. The Morgan fingerprint density at radius 3 is 2.76 bits per heavy atom. The third kappa shape index (κ3) is 3.73. The molecule has 1 aliphatic carbocycles. The van der Waals surface area contributed by atoms with Crippen molar-refractivity contribution in [3.8, 4) is 0 Å². The van der Waals surface area contributed by atoms with Gasteiger partial charge in [-0.2, -0.15) is 5.10 Å². The second-order valence-electron chi connectivity index (χ2n) is 6.85. The second kappa shape index (κ2) is 7.09. The topological polar surface area (TPSA) is 82.2 Å². The zero-order valence-corrected chi connectivity index (χ0v) is 14.2. The molecule has 0 saturated heterocycles. The molecule has 1 fully saturated rings. The van der Waals surface area contributed by atoms with Crippen LogP contribution in [0.2, 0.25) is 0 Å². The molecule has 0 atom stereocenters. The predicted octanol–water partition coefficient (Wildman–Crippen LogP) is 3.09. The van der Waals surface area contributed by atoms with E-state index in [-0.39, 0.29) is 5.91 Å². The van der Waals surface area contributed by atoms with Crippen molar-refractivity contribution in [2.75, 3.05) is 0 Å². The van der Waals surface area contributed by atoms with E-state index >= 15 is 0 Å². The van der Waals surface area contributed by atoms with E-state index in [9.17, 15) is 4.79 Å². The van der Waals surface area contributed by atoms with E-state index in [1.54, 1.807) is 6.20 Å². The van der Waals surface area contributed by atoms with E-state index in [2.05, 4.69) is 25.8 Å².